The molecule has 0 radical (unpaired) electrons. The number of thioether (sulfide) groups is 1. The number of carbonyl (C=O) groups excluding carboxylic acids is 2. The number of amides is 2. The van der Waals surface area contributed by atoms with Crippen molar-refractivity contribution in [3.05, 3.63) is 60.2 Å². The van der Waals surface area contributed by atoms with Crippen LogP contribution in [0.25, 0.3) is 22.8 Å². The van der Waals surface area contributed by atoms with E-state index < -0.39 is 0 Å². The molecular weight excluding hydrogens is 440 g/mol. The van der Waals surface area contributed by atoms with Gasteiger partial charge in [0.2, 0.25) is 22.8 Å². The van der Waals surface area contributed by atoms with E-state index in [9.17, 15) is 9.59 Å². The molecule has 5 N–H and O–H groups in total. The van der Waals surface area contributed by atoms with Gasteiger partial charge in [0.1, 0.15) is 5.69 Å². The molecule has 10 nitrogen and oxygen atoms in total. The minimum absolute atomic E-state index is 0.0976. The number of hydrogen-bond acceptors (Lipinski definition) is 7. The Morgan fingerprint density at radius 3 is 2.36 bits per heavy atom. The first kappa shape index (κ1) is 22.1. The van der Waals surface area contributed by atoms with Gasteiger partial charge in [-0.25, -0.2) is 4.68 Å². The number of carbonyl (C=O) groups is 2. The molecule has 0 unspecified atom stereocenters. The zero-order valence-corrected chi connectivity index (χ0v) is 18.8. The van der Waals surface area contributed by atoms with Crippen molar-refractivity contribution >= 4 is 35.0 Å². The van der Waals surface area contributed by atoms with E-state index in [-0.39, 0.29) is 17.6 Å². The number of aryl methyl sites for hydroxylation is 1. The van der Waals surface area contributed by atoms with E-state index in [4.69, 9.17) is 5.84 Å². The molecule has 2 heterocycles. The number of H-pyrrole nitrogens is 1. The van der Waals surface area contributed by atoms with Crippen molar-refractivity contribution < 1.29 is 9.59 Å². The Labute approximate surface area is 194 Å². The van der Waals surface area contributed by atoms with E-state index in [1.165, 1.54) is 28.9 Å². The fourth-order valence-electron chi connectivity index (χ4n) is 3.03. The van der Waals surface area contributed by atoms with Crippen molar-refractivity contribution in [1.29, 1.82) is 0 Å². The molecule has 11 heteroatoms. The smallest absolute Gasteiger partial charge is 0.234 e. The minimum atomic E-state index is -0.222. The summed E-state index contributed by atoms with van der Waals surface area (Å²) in [7, 11) is 0. The van der Waals surface area contributed by atoms with Gasteiger partial charge in [0, 0.05) is 23.9 Å². The number of aromatic amines is 1. The van der Waals surface area contributed by atoms with Crippen LogP contribution in [-0.2, 0) is 9.59 Å². The van der Waals surface area contributed by atoms with Gasteiger partial charge in [-0.2, -0.15) is 5.10 Å². The molecule has 0 saturated carbocycles. The fourth-order valence-corrected chi connectivity index (χ4v) is 3.69. The van der Waals surface area contributed by atoms with Crippen molar-refractivity contribution in [3.63, 3.8) is 0 Å². The summed E-state index contributed by atoms with van der Waals surface area (Å²) < 4.78 is 1.33. The molecule has 2 aromatic heterocycles. The number of anilines is 2. The molecule has 168 valence electrons. The van der Waals surface area contributed by atoms with Crippen LogP contribution in [0.4, 0.5) is 11.4 Å². The first-order chi connectivity index (χ1) is 15.9. The molecule has 0 spiro atoms. The van der Waals surface area contributed by atoms with Gasteiger partial charge in [-0.3, -0.25) is 14.7 Å². The Kier molecular flexibility index (Phi) is 6.41. The molecule has 0 bridgehead atoms. The normalized spacial score (nSPS) is 10.7. The second-order valence-corrected chi connectivity index (χ2v) is 8.25. The summed E-state index contributed by atoms with van der Waals surface area (Å²) in [5, 5.41) is 21.3. The van der Waals surface area contributed by atoms with Crippen molar-refractivity contribution in [2.45, 2.75) is 19.0 Å². The third-order valence-electron chi connectivity index (χ3n) is 4.65. The van der Waals surface area contributed by atoms with Gasteiger partial charge in [0.05, 0.1) is 11.4 Å². The number of aromatic nitrogens is 5. The second kappa shape index (κ2) is 9.57. The number of nitrogens with two attached hydrogens (primary N) is 1. The van der Waals surface area contributed by atoms with Gasteiger partial charge in [-0.05, 0) is 37.3 Å². The maximum atomic E-state index is 12.3. The Morgan fingerprint density at radius 1 is 1.03 bits per heavy atom. The average molecular weight is 463 g/mol. The summed E-state index contributed by atoms with van der Waals surface area (Å²) >= 11 is 1.17. The summed E-state index contributed by atoms with van der Waals surface area (Å²) in [4.78, 5) is 23.4. The molecule has 0 fully saturated rings. The Hall–Kier alpha value is -4.12. The van der Waals surface area contributed by atoms with E-state index in [1.54, 1.807) is 24.3 Å². The molecule has 4 rings (SSSR count). The van der Waals surface area contributed by atoms with Gasteiger partial charge in [-0.1, -0.05) is 41.6 Å². The van der Waals surface area contributed by atoms with Gasteiger partial charge in [0.25, 0.3) is 0 Å². The highest BCUT2D eigenvalue weighted by Crippen LogP contribution is 2.25. The molecule has 2 amide bonds. The van der Waals surface area contributed by atoms with Crippen LogP contribution in [0.5, 0.6) is 0 Å². The second-order valence-electron chi connectivity index (χ2n) is 7.30. The zero-order chi connectivity index (χ0) is 23.4. The summed E-state index contributed by atoms with van der Waals surface area (Å²) in [6.45, 7) is 3.46. The third kappa shape index (κ3) is 5.39. The van der Waals surface area contributed by atoms with Gasteiger partial charge in [0.15, 0.2) is 0 Å². The lowest BCUT2D eigenvalue weighted by molar-refractivity contribution is -0.114. The number of nitrogens with zero attached hydrogens (tertiary/aromatic N) is 4. The largest absolute Gasteiger partial charge is 0.335 e. The van der Waals surface area contributed by atoms with E-state index >= 15 is 0 Å². The standard InChI is InChI=1S/C22H22N8O2S/c1-13-3-5-15(6-4-13)18-11-19(27-26-18)21-28-29-22(30(21)23)33-12-20(32)25-17-9-7-16(8-10-17)24-14(2)31/h3-11H,12,23H2,1-2H3,(H,24,31)(H,25,32)(H,26,27). The molecule has 0 saturated heterocycles. The molecule has 0 aliphatic heterocycles. The van der Waals surface area contributed by atoms with Crippen LogP contribution in [0.2, 0.25) is 0 Å². The van der Waals surface area contributed by atoms with Crippen LogP contribution >= 0.6 is 11.8 Å². The lowest BCUT2D eigenvalue weighted by atomic mass is 10.1. The van der Waals surface area contributed by atoms with Crippen LogP contribution < -0.4 is 16.5 Å². The van der Waals surface area contributed by atoms with Crippen molar-refractivity contribution in [1.82, 2.24) is 25.1 Å². The predicted molar refractivity (Wildman–Crippen MR) is 128 cm³/mol. The van der Waals surface area contributed by atoms with Gasteiger partial charge >= 0.3 is 0 Å². The quantitative estimate of drug-likeness (QED) is 0.244. The van der Waals surface area contributed by atoms with Crippen LogP contribution in [0.15, 0.2) is 59.8 Å². The van der Waals surface area contributed by atoms with Crippen molar-refractivity contribution in [3.8, 4) is 22.8 Å². The fraction of sp³-hybridized carbons (Fsp3) is 0.136. The molecule has 0 aliphatic carbocycles. The Balaban J connectivity index is 1.37. The van der Waals surface area contributed by atoms with Gasteiger partial charge < -0.3 is 16.5 Å². The first-order valence-corrected chi connectivity index (χ1v) is 11.0. The molecule has 0 atom stereocenters. The average Bonchev–Trinajstić information content (AvgIpc) is 3.41. The number of nitrogens with one attached hydrogen (secondary N) is 3. The highest BCUT2D eigenvalue weighted by molar-refractivity contribution is 7.99. The number of rotatable bonds is 7. The summed E-state index contributed by atoms with van der Waals surface area (Å²) in [5.74, 6) is 6.29. The molecule has 2 aromatic carbocycles. The summed E-state index contributed by atoms with van der Waals surface area (Å²) in [5.41, 5.74) is 4.81. The maximum absolute atomic E-state index is 12.3. The van der Waals surface area contributed by atoms with Crippen molar-refractivity contribution in [2.24, 2.45) is 0 Å². The SMILES string of the molecule is CC(=O)Nc1ccc(NC(=O)CSc2nnc(-c3cc(-c4ccc(C)cc4)n[nH]3)n2N)cc1. The number of benzene rings is 2. The molecule has 0 aliphatic rings. The molecule has 4 aromatic rings. The number of hydrogen-bond donors (Lipinski definition) is 4. The minimum Gasteiger partial charge on any atom is -0.335 e. The van der Waals surface area contributed by atoms with E-state index in [0.717, 1.165) is 11.3 Å². The van der Waals surface area contributed by atoms with E-state index in [0.29, 0.717) is 28.0 Å². The highest BCUT2D eigenvalue weighted by atomic mass is 32.2. The Morgan fingerprint density at radius 2 is 1.70 bits per heavy atom. The maximum Gasteiger partial charge on any atom is 0.234 e. The van der Waals surface area contributed by atoms with Crippen LogP contribution in [-0.4, -0.2) is 42.6 Å². The predicted octanol–water partition coefficient (Wildman–Crippen LogP) is 3.05. The van der Waals surface area contributed by atoms with Crippen LogP contribution in [0.3, 0.4) is 0 Å². The van der Waals surface area contributed by atoms with Crippen LogP contribution in [0, 0.1) is 6.92 Å². The van der Waals surface area contributed by atoms with Crippen LogP contribution in [0.1, 0.15) is 12.5 Å². The zero-order valence-electron chi connectivity index (χ0n) is 18.0. The lowest BCUT2D eigenvalue weighted by Crippen LogP contribution is -2.16. The third-order valence-corrected chi connectivity index (χ3v) is 5.60. The molecular formula is C22H22N8O2S. The summed E-state index contributed by atoms with van der Waals surface area (Å²) in [6.07, 6.45) is 0. The topological polar surface area (TPSA) is 144 Å². The molecule has 33 heavy (non-hydrogen) atoms. The van der Waals surface area contributed by atoms with E-state index in [1.807, 2.05) is 37.3 Å². The Bertz CT molecular complexity index is 1280. The monoisotopic (exact) mass is 462 g/mol. The summed E-state index contributed by atoms with van der Waals surface area (Å²) in [6, 6.07) is 16.7. The van der Waals surface area contributed by atoms with Crippen molar-refractivity contribution in [2.75, 3.05) is 22.2 Å². The van der Waals surface area contributed by atoms with E-state index in [2.05, 4.69) is 31.0 Å². The lowest BCUT2D eigenvalue weighted by Gasteiger charge is -2.07. The first-order valence-electron chi connectivity index (χ1n) is 10.0. The number of nitrogen functional groups attached to an aromatic ring is 1. The van der Waals surface area contributed by atoms with Gasteiger partial charge in [-0.15, -0.1) is 10.2 Å². The highest BCUT2D eigenvalue weighted by Gasteiger charge is 2.16.